The van der Waals surface area contributed by atoms with Crippen LogP contribution in [0.4, 0.5) is 0 Å². The summed E-state index contributed by atoms with van der Waals surface area (Å²) in [4.78, 5) is 0. The van der Waals surface area contributed by atoms with E-state index in [-0.39, 0.29) is 0 Å². The van der Waals surface area contributed by atoms with Gasteiger partial charge in [-0.05, 0) is 47.9 Å². The molecule has 0 saturated carbocycles. The number of nitrogens with zero attached hydrogens (tertiary/aromatic N) is 2. The number of benzene rings is 2. The van der Waals surface area contributed by atoms with Gasteiger partial charge in [-0.15, -0.1) is 0 Å². The van der Waals surface area contributed by atoms with E-state index in [4.69, 9.17) is 0 Å². The molecule has 0 spiro atoms. The summed E-state index contributed by atoms with van der Waals surface area (Å²) in [6.45, 7) is 0. The summed E-state index contributed by atoms with van der Waals surface area (Å²) in [7, 11) is 4.48. The normalized spacial score (nSPS) is 21.4. The van der Waals surface area contributed by atoms with Gasteiger partial charge in [0, 0.05) is 47.3 Å². The van der Waals surface area contributed by atoms with Crippen molar-refractivity contribution >= 4 is 21.8 Å². The molecule has 2 aliphatic rings. The van der Waals surface area contributed by atoms with E-state index in [1.165, 1.54) is 34.6 Å². The van der Waals surface area contributed by atoms with Crippen LogP contribution in [0.2, 0.25) is 0 Å². The fourth-order valence-corrected chi connectivity index (χ4v) is 5.58. The molecule has 0 amide bonds. The fraction of sp³-hybridized carbons (Fsp3) is 0.273. The lowest BCUT2D eigenvalue weighted by Gasteiger charge is -2.13. The molecule has 0 unspecified atom stereocenters. The Labute approximate surface area is 141 Å². The highest BCUT2D eigenvalue weighted by molar-refractivity contribution is 5.91. The van der Waals surface area contributed by atoms with Gasteiger partial charge in [-0.2, -0.15) is 0 Å². The molecule has 24 heavy (non-hydrogen) atoms. The Morgan fingerprint density at radius 1 is 0.667 bits per heavy atom. The van der Waals surface area contributed by atoms with E-state index < -0.39 is 0 Å². The molecule has 0 saturated heterocycles. The van der Waals surface area contributed by atoms with Gasteiger partial charge in [0.2, 0.25) is 0 Å². The summed E-state index contributed by atoms with van der Waals surface area (Å²) in [5.41, 5.74) is 9.15. The molecule has 6 rings (SSSR count). The van der Waals surface area contributed by atoms with E-state index in [0.29, 0.717) is 11.8 Å². The molecule has 4 aromatic rings. The fourth-order valence-electron chi connectivity index (χ4n) is 5.58. The minimum atomic E-state index is 0.659. The van der Waals surface area contributed by atoms with Crippen molar-refractivity contribution in [2.75, 3.05) is 0 Å². The number of hydrogen-bond donors (Lipinski definition) is 0. The maximum absolute atomic E-state index is 2.44. The van der Waals surface area contributed by atoms with Crippen LogP contribution in [-0.4, -0.2) is 9.13 Å². The summed E-state index contributed by atoms with van der Waals surface area (Å²) >= 11 is 0. The highest BCUT2D eigenvalue weighted by Gasteiger charge is 2.44. The molecule has 2 nitrogen and oxygen atoms in total. The van der Waals surface area contributed by atoms with Crippen molar-refractivity contribution in [1.82, 2.24) is 9.13 Å². The molecule has 2 atom stereocenters. The lowest BCUT2D eigenvalue weighted by Crippen LogP contribution is -2.02. The zero-order valence-corrected chi connectivity index (χ0v) is 14.1. The zero-order chi connectivity index (χ0) is 16.0. The van der Waals surface area contributed by atoms with Crippen LogP contribution in [0.1, 0.15) is 34.4 Å². The van der Waals surface area contributed by atoms with Crippen molar-refractivity contribution < 1.29 is 0 Å². The molecule has 2 aliphatic carbocycles. The van der Waals surface area contributed by atoms with E-state index in [1.54, 1.807) is 22.5 Å². The minimum Gasteiger partial charge on any atom is -0.347 e. The number of rotatable bonds is 0. The number of hydrogen-bond acceptors (Lipinski definition) is 0. The molecule has 118 valence electrons. The van der Waals surface area contributed by atoms with Gasteiger partial charge in [0.25, 0.3) is 0 Å². The topological polar surface area (TPSA) is 9.86 Å². The van der Waals surface area contributed by atoms with E-state index in [9.17, 15) is 0 Å². The van der Waals surface area contributed by atoms with E-state index in [0.717, 1.165) is 0 Å². The van der Waals surface area contributed by atoms with Crippen LogP contribution in [0.15, 0.2) is 48.5 Å². The molecule has 0 aliphatic heterocycles. The molecule has 0 radical (unpaired) electrons. The first kappa shape index (κ1) is 12.9. The standard InChI is InChI=1S/C22H20N2/c1-23-17-9-5-3-7-13(17)21-16-12-20-22(15(16)11-19(21)23)14-8-4-6-10-18(14)24(20)2/h3-10,15-16H,11-12H2,1-2H3/t15-,16-/m0/s1. The van der Waals surface area contributed by atoms with Crippen LogP contribution in [0.3, 0.4) is 0 Å². The third-order valence-corrected chi connectivity index (χ3v) is 6.60. The van der Waals surface area contributed by atoms with Gasteiger partial charge in [-0.25, -0.2) is 0 Å². The van der Waals surface area contributed by atoms with Gasteiger partial charge in [0.1, 0.15) is 0 Å². The Hall–Kier alpha value is -2.48. The molecular weight excluding hydrogens is 292 g/mol. The third kappa shape index (κ3) is 1.31. The summed E-state index contributed by atoms with van der Waals surface area (Å²) in [6.07, 6.45) is 2.37. The van der Waals surface area contributed by atoms with Crippen molar-refractivity contribution in [2.24, 2.45) is 14.1 Å². The molecule has 2 heterocycles. The van der Waals surface area contributed by atoms with Crippen molar-refractivity contribution in [3.05, 3.63) is 71.0 Å². The summed E-state index contributed by atoms with van der Waals surface area (Å²) in [5.74, 6) is 1.32. The second kappa shape index (κ2) is 4.13. The van der Waals surface area contributed by atoms with Crippen molar-refractivity contribution in [3.63, 3.8) is 0 Å². The lowest BCUT2D eigenvalue weighted by molar-refractivity contribution is 0.625. The van der Waals surface area contributed by atoms with Crippen LogP contribution < -0.4 is 0 Å². The molecule has 0 bridgehead atoms. The van der Waals surface area contributed by atoms with Gasteiger partial charge < -0.3 is 9.13 Å². The summed E-state index contributed by atoms with van der Waals surface area (Å²) < 4.78 is 4.88. The van der Waals surface area contributed by atoms with Gasteiger partial charge in [0.15, 0.2) is 0 Å². The first-order valence-corrected chi connectivity index (χ1v) is 8.88. The Morgan fingerprint density at radius 2 is 1.08 bits per heavy atom. The first-order chi connectivity index (χ1) is 11.8. The van der Waals surface area contributed by atoms with Crippen LogP contribution >= 0.6 is 0 Å². The average Bonchev–Trinajstić information content (AvgIpc) is 3.29. The van der Waals surface area contributed by atoms with Gasteiger partial charge in [-0.3, -0.25) is 0 Å². The minimum absolute atomic E-state index is 0.659. The van der Waals surface area contributed by atoms with Crippen LogP contribution in [0.25, 0.3) is 21.8 Å². The second-order valence-electron chi connectivity index (χ2n) is 7.49. The molecule has 0 N–H and O–H groups in total. The maximum atomic E-state index is 2.44. The lowest BCUT2D eigenvalue weighted by atomic mass is 9.90. The average molecular weight is 312 g/mol. The van der Waals surface area contributed by atoms with E-state index in [2.05, 4.69) is 71.8 Å². The Balaban J connectivity index is 1.62. The van der Waals surface area contributed by atoms with E-state index in [1.807, 2.05) is 0 Å². The first-order valence-electron chi connectivity index (χ1n) is 8.88. The zero-order valence-electron chi connectivity index (χ0n) is 14.1. The molecular formula is C22H20N2. The molecule has 2 aromatic heterocycles. The van der Waals surface area contributed by atoms with Gasteiger partial charge in [-0.1, -0.05) is 36.4 Å². The van der Waals surface area contributed by atoms with Gasteiger partial charge >= 0.3 is 0 Å². The number of aryl methyl sites for hydroxylation is 2. The summed E-state index contributed by atoms with van der Waals surface area (Å²) in [6, 6.07) is 17.9. The Morgan fingerprint density at radius 3 is 1.54 bits per heavy atom. The molecule has 0 fully saturated rings. The maximum Gasteiger partial charge on any atom is 0.0482 e. The molecule has 2 heteroatoms. The highest BCUT2D eigenvalue weighted by atomic mass is 15.0. The molecule has 2 aromatic carbocycles. The summed E-state index contributed by atoms with van der Waals surface area (Å²) in [5, 5.41) is 2.94. The van der Waals surface area contributed by atoms with E-state index >= 15 is 0 Å². The third-order valence-electron chi connectivity index (χ3n) is 6.60. The predicted molar refractivity (Wildman–Crippen MR) is 98.7 cm³/mol. The van der Waals surface area contributed by atoms with Crippen molar-refractivity contribution in [3.8, 4) is 0 Å². The van der Waals surface area contributed by atoms with Crippen LogP contribution in [0.5, 0.6) is 0 Å². The SMILES string of the molecule is Cn1c2c(c3ccccc31)[C@H]1Cc3c(c4ccccc4n3C)[C@H]1C2. The predicted octanol–water partition coefficient (Wildman–Crippen LogP) is 4.65. The highest BCUT2D eigenvalue weighted by Crippen LogP contribution is 2.56. The number of para-hydroxylation sites is 2. The quantitative estimate of drug-likeness (QED) is 0.447. The Kier molecular flexibility index (Phi) is 2.22. The Bertz CT molecular complexity index is 1050. The van der Waals surface area contributed by atoms with Crippen molar-refractivity contribution in [2.45, 2.75) is 24.7 Å². The monoisotopic (exact) mass is 312 g/mol. The number of fused-ring (bicyclic) bond motifs is 9. The second-order valence-corrected chi connectivity index (χ2v) is 7.49. The van der Waals surface area contributed by atoms with Crippen LogP contribution in [-0.2, 0) is 26.9 Å². The number of aromatic nitrogens is 2. The smallest absolute Gasteiger partial charge is 0.0482 e. The largest absolute Gasteiger partial charge is 0.347 e. The van der Waals surface area contributed by atoms with Crippen molar-refractivity contribution in [1.29, 1.82) is 0 Å². The van der Waals surface area contributed by atoms with Gasteiger partial charge in [0.05, 0.1) is 0 Å². The van der Waals surface area contributed by atoms with Crippen LogP contribution in [0, 0.1) is 0 Å².